The van der Waals surface area contributed by atoms with Gasteiger partial charge in [0, 0.05) is 0 Å². The first-order valence-electron chi connectivity index (χ1n) is 7.29. The van der Waals surface area contributed by atoms with Gasteiger partial charge in [0.05, 0.1) is 0 Å². The molecule has 2 aromatic rings. The largest absolute Gasteiger partial charge is 0.439 e. The average Bonchev–Trinajstić information content (AvgIpc) is 2.84. The van der Waals surface area contributed by atoms with Gasteiger partial charge in [0.1, 0.15) is 5.52 Å². The van der Waals surface area contributed by atoms with Crippen molar-refractivity contribution in [3.8, 4) is 0 Å². The first-order chi connectivity index (χ1) is 9.97. The normalized spacial score (nSPS) is 15.2. The molecule has 0 aliphatic heterocycles. The standard InChI is InChI=1S/C15H21NO4S/c1-3-5-8-11(4-2)14(21(17,18)19)15-16-12-9-6-7-10-13(12)20-15/h6-7,9-11,14H,3-5,8H2,1-2H3,(H,17,18,19). The summed E-state index contributed by atoms with van der Waals surface area (Å²) in [6.07, 6.45) is 3.24. The van der Waals surface area contributed by atoms with Crippen LogP contribution >= 0.6 is 0 Å². The van der Waals surface area contributed by atoms with Gasteiger partial charge in [0.25, 0.3) is 10.1 Å². The lowest BCUT2D eigenvalue weighted by molar-refractivity contribution is 0.353. The number of aromatic nitrogens is 1. The molecule has 2 atom stereocenters. The van der Waals surface area contributed by atoms with Crippen LogP contribution in [0.25, 0.3) is 11.1 Å². The van der Waals surface area contributed by atoms with Crippen LogP contribution in [0, 0.1) is 5.92 Å². The van der Waals surface area contributed by atoms with E-state index in [-0.39, 0.29) is 11.8 Å². The Labute approximate surface area is 125 Å². The van der Waals surface area contributed by atoms with Crippen molar-refractivity contribution in [1.82, 2.24) is 4.98 Å². The van der Waals surface area contributed by atoms with E-state index in [2.05, 4.69) is 11.9 Å². The predicted molar refractivity (Wildman–Crippen MR) is 81.6 cm³/mol. The molecule has 1 heterocycles. The van der Waals surface area contributed by atoms with Gasteiger partial charge in [-0.05, 0) is 24.5 Å². The van der Waals surface area contributed by atoms with E-state index in [4.69, 9.17) is 4.42 Å². The van der Waals surface area contributed by atoms with Crippen LogP contribution < -0.4 is 0 Å². The number of oxazole rings is 1. The lowest BCUT2D eigenvalue weighted by Crippen LogP contribution is -2.22. The van der Waals surface area contributed by atoms with E-state index in [0.29, 0.717) is 17.5 Å². The first kappa shape index (κ1) is 16.0. The highest BCUT2D eigenvalue weighted by molar-refractivity contribution is 7.86. The second-order valence-corrected chi connectivity index (χ2v) is 6.80. The summed E-state index contributed by atoms with van der Waals surface area (Å²) >= 11 is 0. The molecule has 2 rings (SSSR count). The van der Waals surface area contributed by atoms with Gasteiger partial charge in [-0.25, -0.2) is 4.98 Å². The van der Waals surface area contributed by atoms with E-state index < -0.39 is 15.4 Å². The summed E-state index contributed by atoms with van der Waals surface area (Å²) < 4.78 is 38.9. The van der Waals surface area contributed by atoms with E-state index in [9.17, 15) is 13.0 Å². The molecule has 2 unspecified atom stereocenters. The maximum Gasteiger partial charge on any atom is 0.277 e. The fourth-order valence-electron chi connectivity index (χ4n) is 2.62. The molecule has 1 N–H and O–H groups in total. The monoisotopic (exact) mass is 311 g/mol. The molecule has 0 aliphatic rings. The van der Waals surface area contributed by atoms with Crippen molar-refractivity contribution in [2.75, 3.05) is 0 Å². The number of hydrogen-bond donors (Lipinski definition) is 1. The Morgan fingerprint density at radius 2 is 2.00 bits per heavy atom. The molecule has 21 heavy (non-hydrogen) atoms. The van der Waals surface area contributed by atoms with Crippen molar-refractivity contribution >= 4 is 21.2 Å². The van der Waals surface area contributed by atoms with E-state index in [1.807, 2.05) is 13.0 Å². The number of fused-ring (bicyclic) bond motifs is 1. The van der Waals surface area contributed by atoms with Crippen LogP contribution in [0.5, 0.6) is 0 Å². The Bertz CT molecular complexity index is 660. The summed E-state index contributed by atoms with van der Waals surface area (Å²) in [6, 6.07) is 7.11. The Hall–Kier alpha value is -1.40. The summed E-state index contributed by atoms with van der Waals surface area (Å²) in [7, 11) is -4.26. The minimum absolute atomic E-state index is 0.0849. The zero-order valence-corrected chi connectivity index (χ0v) is 13.1. The molecular weight excluding hydrogens is 290 g/mol. The molecule has 0 spiro atoms. The SMILES string of the molecule is CCCCC(CC)C(c1nc2ccccc2o1)S(=O)(=O)O. The Kier molecular flexibility index (Phi) is 5.00. The molecule has 1 aromatic heterocycles. The average molecular weight is 311 g/mol. The number of unbranched alkanes of at least 4 members (excludes halogenated alkanes) is 1. The first-order valence-corrected chi connectivity index (χ1v) is 8.79. The second-order valence-electron chi connectivity index (χ2n) is 5.27. The molecular formula is C15H21NO4S. The number of rotatable bonds is 7. The number of hydrogen-bond acceptors (Lipinski definition) is 4. The molecule has 0 amide bonds. The van der Waals surface area contributed by atoms with Crippen molar-refractivity contribution in [1.29, 1.82) is 0 Å². The van der Waals surface area contributed by atoms with Gasteiger partial charge in [0.2, 0.25) is 5.89 Å². The van der Waals surface area contributed by atoms with Crippen molar-refractivity contribution < 1.29 is 17.4 Å². The zero-order valence-electron chi connectivity index (χ0n) is 12.3. The minimum Gasteiger partial charge on any atom is -0.439 e. The van der Waals surface area contributed by atoms with E-state index in [1.54, 1.807) is 18.2 Å². The van der Waals surface area contributed by atoms with E-state index >= 15 is 0 Å². The summed E-state index contributed by atoms with van der Waals surface area (Å²) in [5.74, 6) is -0.116. The van der Waals surface area contributed by atoms with Crippen LogP contribution in [0.15, 0.2) is 28.7 Å². The highest BCUT2D eigenvalue weighted by Crippen LogP contribution is 2.36. The molecule has 0 saturated carbocycles. The molecule has 0 fully saturated rings. The van der Waals surface area contributed by atoms with Gasteiger partial charge in [-0.15, -0.1) is 0 Å². The Morgan fingerprint density at radius 1 is 1.29 bits per heavy atom. The number of benzene rings is 1. The number of para-hydroxylation sites is 2. The maximum atomic E-state index is 11.8. The lowest BCUT2D eigenvalue weighted by Gasteiger charge is -2.20. The van der Waals surface area contributed by atoms with Crippen molar-refractivity contribution in [3.05, 3.63) is 30.2 Å². The van der Waals surface area contributed by atoms with Gasteiger partial charge >= 0.3 is 0 Å². The van der Waals surface area contributed by atoms with Crippen LogP contribution in [-0.4, -0.2) is 18.0 Å². The topological polar surface area (TPSA) is 80.4 Å². The lowest BCUT2D eigenvalue weighted by atomic mass is 9.95. The van der Waals surface area contributed by atoms with Gasteiger partial charge in [-0.2, -0.15) is 8.42 Å². The summed E-state index contributed by atoms with van der Waals surface area (Å²) in [6.45, 7) is 3.97. The van der Waals surface area contributed by atoms with Crippen molar-refractivity contribution in [2.24, 2.45) is 5.92 Å². The van der Waals surface area contributed by atoms with Crippen molar-refractivity contribution in [2.45, 2.75) is 44.8 Å². The molecule has 0 aliphatic carbocycles. The summed E-state index contributed by atoms with van der Waals surface area (Å²) in [4.78, 5) is 4.25. The van der Waals surface area contributed by atoms with Gasteiger partial charge in [-0.1, -0.05) is 45.2 Å². The summed E-state index contributed by atoms with van der Waals surface area (Å²) in [5.41, 5.74) is 1.14. The van der Waals surface area contributed by atoms with E-state index in [0.717, 1.165) is 19.3 Å². The van der Waals surface area contributed by atoms with Crippen LogP contribution in [-0.2, 0) is 10.1 Å². The van der Waals surface area contributed by atoms with Crippen LogP contribution in [0.4, 0.5) is 0 Å². The highest BCUT2D eigenvalue weighted by atomic mass is 32.2. The molecule has 0 bridgehead atoms. The molecule has 0 radical (unpaired) electrons. The Morgan fingerprint density at radius 3 is 2.57 bits per heavy atom. The summed E-state index contributed by atoms with van der Waals surface area (Å²) in [5, 5.41) is -1.10. The van der Waals surface area contributed by atoms with Gasteiger partial charge < -0.3 is 4.42 Å². The highest BCUT2D eigenvalue weighted by Gasteiger charge is 2.36. The molecule has 116 valence electrons. The fraction of sp³-hybridized carbons (Fsp3) is 0.533. The molecule has 0 saturated heterocycles. The van der Waals surface area contributed by atoms with Crippen LogP contribution in [0.1, 0.15) is 50.7 Å². The zero-order chi connectivity index (χ0) is 15.5. The minimum atomic E-state index is -4.26. The second kappa shape index (κ2) is 6.58. The van der Waals surface area contributed by atoms with Crippen LogP contribution in [0.3, 0.4) is 0 Å². The quantitative estimate of drug-likeness (QED) is 0.782. The third-order valence-corrected chi connectivity index (χ3v) is 4.98. The predicted octanol–water partition coefficient (Wildman–Crippen LogP) is 3.97. The smallest absolute Gasteiger partial charge is 0.277 e. The Balaban J connectivity index is 2.44. The third-order valence-electron chi connectivity index (χ3n) is 3.76. The molecule has 5 nitrogen and oxygen atoms in total. The van der Waals surface area contributed by atoms with Gasteiger partial charge in [0.15, 0.2) is 10.8 Å². The fourth-order valence-corrected chi connectivity index (χ4v) is 3.79. The maximum absolute atomic E-state index is 11.8. The van der Waals surface area contributed by atoms with Crippen molar-refractivity contribution in [3.63, 3.8) is 0 Å². The number of nitrogens with zero attached hydrogens (tertiary/aromatic N) is 1. The molecule has 6 heteroatoms. The van der Waals surface area contributed by atoms with E-state index in [1.165, 1.54) is 0 Å². The third kappa shape index (κ3) is 3.63. The molecule has 1 aromatic carbocycles. The van der Waals surface area contributed by atoms with Crippen LogP contribution in [0.2, 0.25) is 0 Å². The van der Waals surface area contributed by atoms with Gasteiger partial charge in [-0.3, -0.25) is 4.55 Å².